The fourth-order valence-corrected chi connectivity index (χ4v) is 3.35. The molecule has 0 radical (unpaired) electrons. The lowest BCUT2D eigenvalue weighted by atomic mass is 10.0. The van der Waals surface area contributed by atoms with Crippen molar-refractivity contribution in [3.8, 4) is 0 Å². The fraction of sp³-hybridized carbons (Fsp3) is 0.500. The second-order valence-electron chi connectivity index (χ2n) is 6.89. The van der Waals surface area contributed by atoms with Crippen LogP contribution in [0.5, 0.6) is 0 Å². The summed E-state index contributed by atoms with van der Waals surface area (Å²) >= 11 is 0. The molecule has 25 heavy (non-hydrogen) atoms. The first-order valence-electron chi connectivity index (χ1n) is 9.33. The molecule has 0 saturated carbocycles. The second-order valence-corrected chi connectivity index (χ2v) is 6.89. The van der Waals surface area contributed by atoms with Gasteiger partial charge in [0.25, 0.3) is 5.91 Å². The zero-order chi connectivity index (χ0) is 17.6. The summed E-state index contributed by atoms with van der Waals surface area (Å²) in [6, 6.07) is 8.16. The van der Waals surface area contributed by atoms with E-state index in [1.165, 1.54) is 6.42 Å². The number of hydrogen-bond acceptors (Lipinski definition) is 3. The van der Waals surface area contributed by atoms with Crippen LogP contribution in [0.15, 0.2) is 36.7 Å². The highest BCUT2D eigenvalue weighted by Gasteiger charge is 2.23. The second kappa shape index (κ2) is 8.19. The Bertz CT molecular complexity index is 692. The first-order valence-corrected chi connectivity index (χ1v) is 9.33. The van der Waals surface area contributed by atoms with Crippen molar-refractivity contribution in [2.45, 2.75) is 58.7 Å². The van der Waals surface area contributed by atoms with Gasteiger partial charge in [-0.05, 0) is 56.9 Å². The Morgan fingerprint density at radius 2 is 2.08 bits per heavy atom. The monoisotopic (exact) mass is 340 g/mol. The molecule has 1 amide bonds. The van der Waals surface area contributed by atoms with Gasteiger partial charge < -0.3 is 10.2 Å². The Kier molecular flexibility index (Phi) is 5.74. The van der Waals surface area contributed by atoms with E-state index in [4.69, 9.17) is 0 Å². The molecule has 1 fully saturated rings. The van der Waals surface area contributed by atoms with E-state index in [9.17, 15) is 4.79 Å². The average Bonchev–Trinajstić information content (AvgIpc) is 3.08. The SMILES string of the molecule is CCCn1cc(CNc2ccc(C(=O)N3CCCCC3C)cc2)cn1. The average molecular weight is 340 g/mol. The van der Waals surface area contributed by atoms with Crippen molar-refractivity contribution in [3.05, 3.63) is 47.8 Å². The van der Waals surface area contributed by atoms with E-state index in [1.807, 2.05) is 40.0 Å². The van der Waals surface area contributed by atoms with Gasteiger partial charge in [-0.2, -0.15) is 5.10 Å². The third kappa shape index (κ3) is 4.41. The van der Waals surface area contributed by atoms with Crippen LogP contribution in [0, 0.1) is 0 Å². The van der Waals surface area contributed by atoms with Crippen LogP contribution in [-0.2, 0) is 13.1 Å². The molecular formula is C20H28N4O. The minimum atomic E-state index is 0.152. The molecule has 0 spiro atoms. The molecular weight excluding hydrogens is 312 g/mol. The topological polar surface area (TPSA) is 50.2 Å². The standard InChI is InChI=1S/C20H28N4O/c1-3-11-23-15-17(14-22-23)13-21-19-9-7-18(8-10-19)20(25)24-12-5-4-6-16(24)2/h7-10,14-16,21H,3-6,11-13H2,1-2H3. The van der Waals surface area contributed by atoms with E-state index in [-0.39, 0.29) is 5.91 Å². The number of likely N-dealkylation sites (tertiary alicyclic amines) is 1. The van der Waals surface area contributed by atoms with Crippen LogP contribution in [0.25, 0.3) is 0 Å². The van der Waals surface area contributed by atoms with E-state index >= 15 is 0 Å². The van der Waals surface area contributed by atoms with Crippen LogP contribution in [0.3, 0.4) is 0 Å². The number of nitrogens with zero attached hydrogens (tertiary/aromatic N) is 3. The fourth-order valence-electron chi connectivity index (χ4n) is 3.35. The van der Waals surface area contributed by atoms with Crippen LogP contribution in [0.2, 0.25) is 0 Å². The Hall–Kier alpha value is -2.30. The van der Waals surface area contributed by atoms with Gasteiger partial charge in [0, 0.05) is 48.7 Å². The summed E-state index contributed by atoms with van der Waals surface area (Å²) in [4.78, 5) is 14.7. The van der Waals surface area contributed by atoms with Crippen molar-refractivity contribution in [2.75, 3.05) is 11.9 Å². The number of benzene rings is 1. The molecule has 0 bridgehead atoms. The van der Waals surface area contributed by atoms with Crippen molar-refractivity contribution in [1.82, 2.24) is 14.7 Å². The predicted molar refractivity (Wildman–Crippen MR) is 101 cm³/mol. The predicted octanol–water partition coefficient (Wildman–Crippen LogP) is 3.92. The number of nitrogens with one attached hydrogen (secondary N) is 1. The number of carbonyl (C=O) groups excluding carboxylic acids is 1. The Balaban J connectivity index is 1.57. The summed E-state index contributed by atoms with van der Waals surface area (Å²) in [6.45, 7) is 6.85. The van der Waals surface area contributed by atoms with Gasteiger partial charge in [0.15, 0.2) is 0 Å². The molecule has 2 heterocycles. The molecule has 1 unspecified atom stereocenters. The molecule has 1 aromatic heterocycles. The molecule has 1 aromatic carbocycles. The molecule has 5 heteroatoms. The maximum Gasteiger partial charge on any atom is 0.254 e. The molecule has 3 rings (SSSR count). The van der Waals surface area contributed by atoms with Crippen LogP contribution in [-0.4, -0.2) is 33.2 Å². The zero-order valence-corrected chi connectivity index (χ0v) is 15.2. The summed E-state index contributed by atoms with van der Waals surface area (Å²) in [5, 5.41) is 7.73. The lowest BCUT2D eigenvalue weighted by Gasteiger charge is -2.33. The molecule has 1 N–H and O–H groups in total. The summed E-state index contributed by atoms with van der Waals surface area (Å²) in [7, 11) is 0. The number of carbonyl (C=O) groups is 1. The van der Waals surface area contributed by atoms with Gasteiger partial charge in [-0.3, -0.25) is 9.48 Å². The summed E-state index contributed by atoms with van der Waals surface area (Å²) in [5.41, 5.74) is 2.96. The molecule has 5 nitrogen and oxygen atoms in total. The van der Waals surface area contributed by atoms with E-state index < -0.39 is 0 Å². The maximum atomic E-state index is 12.7. The molecule has 1 saturated heterocycles. The summed E-state index contributed by atoms with van der Waals surface area (Å²) < 4.78 is 1.97. The van der Waals surface area contributed by atoms with Gasteiger partial charge in [-0.25, -0.2) is 0 Å². The number of hydrogen-bond donors (Lipinski definition) is 1. The highest BCUT2D eigenvalue weighted by Crippen LogP contribution is 2.20. The van der Waals surface area contributed by atoms with Gasteiger partial charge in [-0.15, -0.1) is 0 Å². The minimum absolute atomic E-state index is 0.152. The van der Waals surface area contributed by atoms with Crippen molar-refractivity contribution in [2.24, 2.45) is 0 Å². The van der Waals surface area contributed by atoms with Crippen molar-refractivity contribution < 1.29 is 4.79 Å². The smallest absolute Gasteiger partial charge is 0.254 e. The molecule has 1 aliphatic heterocycles. The largest absolute Gasteiger partial charge is 0.381 e. The molecule has 1 atom stereocenters. The van der Waals surface area contributed by atoms with Crippen molar-refractivity contribution in [1.29, 1.82) is 0 Å². The van der Waals surface area contributed by atoms with Gasteiger partial charge in [0.2, 0.25) is 0 Å². The minimum Gasteiger partial charge on any atom is -0.381 e. The van der Waals surface area contributed by atoms with Crippen molar-refractivity contribution in [3.63, 3.8) is 0 Å². The lowest BCUT2D eigenvalue weighted by Crippen LogP contribution is -2.41. The zero-order valence-electron chi connectivity index (χ0n) is 15.2. The molecule has 1 aliphatic rings. The maximum absolute atomic E-state index is 12.7. The van der Waals surface area contributed by atoms with E-state index in [2.05, 4.69) is 30.5 Å². The Morgan fingerprint density at radius 3 is 2.80 bits per heavy atom. The molecule has 2 aromatic rings. The number of anilines is 1. The highest BCUT2D eigenvalue weighted by molar-refractivity contribution is 5.94. The summed E-state index contributed by atoms with van der Waals surface area (Å²) in [5.74, 6) is 0.152. The van der Waals surface area contributed by atoms with E-state index in [0.29, 0.717) is 6.04 Å². The van der Waals surface area contributed by atoms with E-state index in [1.54, 1.807) is 0 Å². The first kappa shape index (κ1) is 17.5. The van der Waals surface area contributed by atoms with Crippen molar-refractivity contribution >= 4 is 11.6 Å². The Labute approximate surface area is 150 Å². The third-order valence-corrected chi connectivity index (χ3v) is 4.83. The van der Waals surface area contributed by atoms with Crippen LogP contribution >= 0.6 is 0 Å². The quantitative estimate of drug-likeness (QED) is 0.867. The number of aryl methyl sites for hydroxylation is 1. The number of amides is 1. The third-order valence-electron chi connectivity index (χ3n) is 4.83. The van der Waals surface area contributed by atoms with Gasteiger partial charge in [-0.1, -0.05) is 6.92 Å². The summed E-state index contributed by atoms with van der Waals surface area (Å²) in [6.07, 6.45) is 8.51. The Morgan fingerprint density at radius 1 is 1.28 bits per heavy atom. The normalized spacial score (nSPS) is 17.5. The van der Waals surface area contributed by atoms with Gasteiger partial charge in [0.05, 0.1) is 6.20 Å². The first-order chi connectivity index (χ1) is 12.2. The molecule has 0 aliphatic carbocycles. The van der Waals surface area contributed by atoms with Crippen LogP contribution in [0.4, 0.5) is 5.69 Å². The van der Waals surface area contributed by atoms with Gasteiger partial charge >= 0.3 is 0 Å². The number of piperidine rings is 1. The number of aromatic nitrogens is 2. The van der Waals surface area contributed by atoms with Crippen LogP contribution < -0.4 is 5.32 Å². The highest BCUT2D eigenvalue weighted by atomic mass is 16.2. The van der Waals surface area contributed by atoms with E-state index in [0.717, 1.165) is 55.7 Å². The lowest BCUT2D eigenvalue weighted by molar-refractivity contribution is 0.0635. The molecule has 134 valence electrons. The van der Waals surface area contributed by atoms with Gasteiger partial charge in [0.1, 0.15) is 0 Å². The van der Waals surface area contributed by atoms with Crippen LogP contribution in [0.1, 0.15) is 55.5 Å². The number of rotatable bonds is 6.